The zero-order valence-electron chi connectivity index (χ0n) is 12.6. The molecular formula is C15H17NO5S2. The van der Waals surface area contributed by atoms with Crippen LogP contribution >= 0.6 is 23.1 Å². The van der Waals surface area contributed by atoms with Crippen molar-refractivity contribution in [3.05, 3.63) is 22.4 Å². The standard InChI is InChI=1S/C15H17NO5S2/c1-9(17)23-13(8-11(18)12-5-3-7-22-12)15(20)21-14(19)10-4-2-6-16-10/h3,5,7,10,13,16H,2,4,6,8H2,1H3/t10-,13?/m0/s1. The Hall–Kier alpha value is -1.51. The van der Waals surface area contributed by atoms with Crippen LogP contribution in [0.25, 0.3) is 0 Å². The predicted molar refractivity (Wildman–Crippen MR) is 87.5 cm³/mol. The zero-order valence-corrected chi connectivity index (χ0v) is 14.2. The maximum atomic E-state index is 12.2. The largest absolute Gasteiger partial charge is 0.391 e. The first-order valence-corrected chi connectivity index (χ1v) is 8.96. The number of rotatable bonds is 6. The lowest BCUT2D eigenvalue weighted by Gasteiger charge is -2.14. The first-order valence-electron chi connectivity index (χ1n) is 7.20. The van der Waals surface area contributed by atoms with Crippen LogP contribution < -0.4 is 5.32 Å². The van der Waals surface area contributed by atoms with Gasteiger partial charge in [-0.3, -0.25) is 14.4 Å². The maximum Gasteiger partial charge on any atom is 0.330 e. The number of hydrogen-bond donors (Lipinski definition) is 1. The van der Waals surface area contributed by atoms with Crippen molar-refractivity contribution >= 4 is 45.9 Å². The van der Waals surface area contributed by atoms with Crippen LogP contribution in [0.4, 0.5) is 0 Å². The first-order chi connectivity index (χ1) is 11.0. The van der Waals surface area contributed by atoms with E-state index in [0.29, 0.717) is 29.6 Å². The minimum Gasteiger partial charge on any atom is -0.391 e. The number of thiophene rings is 1. The van der Waals surface area contributed by atoms with E-state index in [4.69, 9.17) is 4.74 Å². The average molecular weight is 355 g/mol. The van der Waals surface area contributed by atoms with Gasteiger partial charge >= 0.3 is 11.9 Å². The molecule has 1 fully saturated rings. The lowest BCUT2D eigenvalue weighted by atomic mass is 10.2. The number of thioether (sulfide) groups is 1. The van der Waals surface area contributed by atoms with Crippen molar-refractivity contribution in [3.8, 4) is 0 Å². The van der Waals surface area contributed by atoms with E-state index in [0.717, 1.165) is 6.42 Å². The van der Waals surface area contributed by atoms with E-state index in [-0.39, 0.29) is 17.3 Å². The van der Waals surface area contributed by atoms with Gasteiger partial charge in [-0.15, -0.1) is 11.3 Å². The van der Waals surface area contributed by atoms with Crippen molar-refractivity contribution in [1.82, 2.24) is 5.32 Å². The third-order valence-electron chi connectivity index (χ3n) is 3.28. The number of ketones is 1. The molecule has 1 aromatic rings. The summed E-state index contributed by atoms with van der Waals surface area (Å²) in [6.07, 6.45) is 1.29. The average Bonchev–Trinajstić information content (AvgIpc) is 3.19. The van der Waals surface area contributed by atoms with Gasteiger partial charge in [0.25, 0.3) is 0 Å². The SMILES string of the molecule is CC(=O)SC(CC(=O)c1cccs1)C(=O)OC(=O)[C@@H]1CCCN1. The van der Waals surface area contributed by atoms with Crippen LogP contribution in [-0.4, -0.2) is 40.7 Å². The van der Waals surface area contributed by atoms with Crippen LogP contribution in [0.1, 0.15) is 35.9 Å². The molecule has 1 aliphatic rings. The highest BCUT2D eigenvalue weighted by atomic mass is 32.2. The summed E-state index contributed by atoms with van der Waals surface area (Å²) in [5, 5.41) is 3.38. The number of carbonyl (C=O) groups is 4. The lowest BCUT2D eigenvalue weighted by Crippen LogP contribution is -2.36. The van der Waals surface area contributed by atoms with Crippen LogP contribution in [0.2, 0.25) is 0 Å². The fraction of sp³-hybridized carbons (Fsp3) is 0.467. The summed E-state index contributed by atoms with van der Waals surface area (Å²) >= 11 is 1.98. The highest BCUT2D eigenvalue weighted by Crippen LogP contribution is 2.22. The van der Waals surface area contributed by atoms with Crippen LogP contribution in [0.15, 0.2) is 17.5 Å². The van der Waals surface area contributed by atoms with E-state index in [1.54, 1.807) is 17.5 Å². The van der Waals surface area contributed by atoms with Gasteiger partial charge in [-0.25, -0.2) is 4.79 Å². The number of hydrogen-bond acceptors (Lipinski definition) is 8. The van der Waals surface area contributed by atoms with E-state index in [1.807, 2.05) is 0 Å². The molecular weight excluding hydrogens is 338 g/mol. The maximum absolute atomic E-state index is 12.2. The minimum absolute atomic E-state index is 0.172. The molecule has 0 aliphatic carbocycles. The quantitative estimate of drug-likeness (QED) is 0.473. The Bertz CT molecular complexity index is 593. The zero-order chi connectivity index (χ0) is 16.8. The topological polar surface area (TPSA) is 89.5 Å². The number of esters is 2. The highest BCUT2D eigenvalue weighted by molar-refractivity contribution is 8.14. The molecule has 124 valence electrons. The van der Waals surface area contributed by atoms with Crippen molar-refractivity contribution in [2.24, 2.45) is 0 Å². The van der Waals surface area contributed by atoms with Crippen LogP contribution in [0.3, 0.4) is 0 Å². The second-order valence-corrected chi connectivity index (χ2v) is 7.42. The molecule has 6 nitrogen and oxygen atoms in total. The number of Topliss-reactive ketones (excluding diaryl/α,β-unsaturated/α-hetero) is 1. The molecule has 0 radical (unpaired) electrons. The summed E-state index contributed by atoms with van der Waals surface area (Å²) in [5.41, 5.74) is 0. The van der Waals surface area contributed by atoms with Gasteiger partial charge in [0.15, 0.2) is 10.9 Å². The van der Waals surface area contributed by atoms with Crippen molar-refractivity contribution in [3.63, 3.8) is 0 Å². The second-order valence-electron chi connectivity index (χ2n) is 5.09. The fourth-order valence-electron chi connectivity index (χ4n) is 2.20. The molecule has 1 saturated heterocycles. The van der Waals surface area contributed by atoms with Gasteiger partial charge in [0.2, 0.25) is 0 Å². The fourth-order valence-corrected chi connectivity index (χ4v) is 3.66. The Kier molecular flexibility index (Phi) is 6.49. The molecule has 2 atom stereocenters. The van der Waals surface area contributed by atoms with E-state index in [2.05, 4.69) is 5.32 Å². The van der Waals surface area contributed by atoms with Crippen LogP contribution in [-0.2, 0) is 19.1 Å². The Morgan fingerprint density at radius 2 is 2.22 bits per heavy atom. The molecule has 23 heavy (non-hydrogen) atoms. The number of nitrogens with one attached hydrogen (secondary N) is 1. The highest BCUT2D eigenvalue weighted by Gasteiger charge is 2.31. The second kappa shape index (κ2) is 8.37. The molecule has 8 heteroatoms. The molecule has 2 rings (SSSR count). The van der Waals surface area contributed by atoms with E-state index in [9.17, 15) is 19.2 Å². The number of ether oxygens (including phenoxy) is 1. The monoisotopic (exact) mass is 355 g/mol. The summed E-state index contributed by atoms with van der Waals surface area (Å²) in [4.78, 5) is 48.0. The van der Waals surface area contributed by atoms with Gasteiger partial charge in [-0.2, -0.15) is 0 Å². The molecule has 1 aromatic heterocycles. The Balaban J connectivity index is 1.98. The van der Waals surface area contributed by atoms with Crippen LogP contribution in [0.5, 0.6) is 0 Å². The minimum atomic E-state index is -1.01. The van der Waals surface area contributed by atoms with Gasteiger partial charge < -0.3 is 10.1 Å². The molecule has 0 aromatic carbocycles. The molecule has 1 N–H and O–H groups in total. The van der Waals surface area contributed by atoms with Crippen molar-refractivity contribution in [1.29, 1.82) is 0 Å². The van der Waals surface area contributed by atoms with Crippen molar-refractivity contribution in [2.45, 2.75) is 37.5 Å². The molecule has 1 aliphatic heterocycles. The first kappa shape index (κ1) is 17.8. The summed E-state index contributed by atoms with van der Waals surface area (Å²) < 4.78 is 4.85. The third-order valence-corrected chi connectivity index (χ3v) is 5.17. The summed E-state index contributed by atoms with van der Waals surface area (Å²) in [6, 6.07) is 2.90. The van der Waals surface area contributed by atoms with Gasteiger partial charge in [-0.05, 0) is 30.8 Å². The molecule has 0 amide bonds. The van der Waals surface area contributed by atoms with Gasteiger partial charge in [-0.1, -0.05) is 17.8 Å². The van der Waals surface area contributed by atoms with Gasteiger partial charge in [0.05, 0.1) is 4.88 Å². The van der Waals surface area contributed by atoms with Crippen molar-refractivity contribution in [2.75, 3.05) is 6.54 Å². The molecule has 0 saturated carbocycles. The molecule has 1 unspecified atom stereocenters. The van der Waals surface area contributed by atoms with Crippen LogP contribution in [0, 0.1) is 0 Å². The summed E-state index contributed by atoms with van der Waals surface area (Å²) in [7, 11) is 0. The van der Waals surface area contributed by atoms with E-state index in [1.165, 1.54) is 18.3 Å². The Morgan fingerprint density at radius 3 is 2.78 bits per heavy atom. The predicted octanol–water partition coefficient (Wildman–Crippen LogP) is 1.79. The Morgan fingerprint density at radius 1 is 1.43 bits per heavy atom. The normalized spacial score (nSPS) is 18.4. The number of carbonyl (C=O) groups excluding carboxylic acids is 4. The summed E-state index contributed by atoms with van der Waals surface area (Å²) in [5.74, 6) is -1.74. The summed E-state index contributed by atoms with van der Waals surface area (Å²) in [6.45, 7) is 2.01. The molecule has 0 spiro atoms. The third kappa shape index (κ3) is 5.26. The lowest BCUT2D eigenvalue weighted by molar-refractivity contribution is -0.160. The van der Waals surface area contributed by atoms with E-state index >= 15 is 0 Å². The Labute approximate surface area is 142 Å². The van der Waals surface area contributed by atoms with Crippen molar-refractivity contribution < 1.29 is 23.9 Å². The molecule has 2 heterocycles. The van der Waals surface area contributed by atoms with E-state index < -0.39 is 23.2 Å². The molecule has 0 bridgehead atoms. The van der Waals surface area contributed by atoms with Gasteiger partial charge in [0, 0.05) is 13.3 Å². The smallest absolute Gasteiger partial charge is 0.330 e. The van der Waals surface area contributed by atoms with Gasteiger partial charge in [0.1, 0.15) is 11.3 Å².